The van der Waals surface area contributed by atoms with Crippen molar-refractivity contribution >= 4 is 40.9 Å². The van der Waals surface area contributed by atoms with E-state index >= 15 is 0 Å². The van der Waals surface area contributed by atoms with Gasteiger partial charge in [-0.15, -0.1) is 0 Å². The van der Waals surface area contributed by atoms with Crippen molar-refractivity contribution in [3.05, 3.63) is 64.9 Å². The molecule has 2 aromatic rings. The van der Waals surface area contributed by atoms with Gasteiger partial charge in [-0.05, 0) is 36.8 Å². The van der Waals surface area contributed by atoms with Crippen LogP contribution in [0.3, 0.4) is 0 Å². The quantitative estimate of drug-likeness (QED) is 0.830. The molecule has 0 saturated carbocycles. The summed E-state index contributed by atoms with van der Waals surface area (Å²) in [6, 6.07) is 11.2. The number of nitrogens with one attached hydrogen (secondary N) is 1. The van der Waals surface area contributed by atoms with Crippen molar-refractivity contribution < 1.29 is 14.0 Å². The fourth-order valence-corrected chi connectivity index (χ4v) is 2.81. The molecule has 1 aliphatic rings. The summed E-state index contributed by atoms with van der Waals surface area (Å²) in [5.41, 5.74) is 1.42. The highest BCUT2D eigenvalue weighted by molar-refractivity contribution is 6.34. The summed E-state index contributed by atoms with van der Waals surface area (Å²) in [6.45, 7) is 0.654. The number of carbonyl (C=O) groups excluding carboxylic acids is 2. The van der Waals surface area contributed by atoms with E-state index in [4.69, 9.17) is 11.6 Å². The molecular weight excluding hydrogens is 343 g/mol. The average Bonchev–Trinajstić information content (AvgIpc) is 3.02. The van der Waals surface area contributed by atoms with Crippen molar-refractivity contribution in [2.45, 2.75) is 12.8 Å². The van der Waals surface area contributed by atoms with Gasteiger partial charge in [0.15, 0.2) is 0 Å². The molecule has 1 fully saturated rings. The third-order valence-corrected chi connectivity index (χ3v) is 4.24. The van der Waals surface area contributed by atoms with Crippen molar-refractivity contribution in [2.24, 2.45) is 0 Å². The number of hydrogen-bond acceptors (Lipinski definition) is 2. The minimum Gasteiger partial charge on any atom is -0.321 e. The van der Waals surface area contributed by atoms with Crippen LogP contribution in [0.25, 0.3) is 6.08 Å². The lowest BCUT2D eigenvalue weighted by molar-refractivity contribution is -0.117. The maximum absolute atomic E-state index is 13.6. The molecule has 1 saturated heterocycles. The van der Waals surface area contributed by atoms with E-state index in [0.717, 1.165) is 6.42 Å². The maximum Gasteiger partial charge on any atom is 0.248 e. The summed E-state index contributed by atoms with van der Waals surface area (Å²) in [5, 5.41) is 3.02. The molecule has 2 aromatic carbocycles. The van der Waals surface area contributed by atoms with E-state index in [2.05, 4.69) is 5.32 Å². The van der Waals surface area contributed by atoms with Gasteiger partial charge >= 0.3 is 0 Å². The van der Waals surface area contributed by atoms with Crippen molar-refractivity contribution in [2.75, 3.05) is 16.8 Å². The number of halogens is 2. The Balaban J connectivity index is 1.74. The highest BCUT2D eigenvalue weighted by atomic mass is 35.5. The lowest BCUT2D eigenvalue weighted by Gasteiger charge is -2.17. The molecule has 0 atom stereocenters. The van der Waals surface area contributed by atoms with Gasteiger partial charge in [0.25, 0.3) is 0 Å². The van der Waals surface area contributed by atoms with Crippen LogP contribution < -0.4 is 10.2 Å². The Hall–Kier alpha value is -2.66. The fourth-order valence-electron chi connectivity index (χ4n) is 2.65. The molecule has 0 aromatic heterocycles. The largest absolute Gasteiger partial charge is 0.321 e. The van der Waals surface area contributed by atoms with Gasteiger partial charge in [-0.2, -0.15) is 0 Å². The molecule has 0 spiro atoms. The lowest BCUT2D eigenvalue weighted by atomic mass is 10.2. The normalized spacial score (nSPS) is 14.3. The Morgan fingerprint density at radius 2 is 2.04 bits per heavy atom. The second-order valence-electron chi connectivity index (χ2n) is 5.66. The summed E-state index contributed by atoms with van der Waals surface area (Å²) in [7, 11) is 0. The predicted molar refractivity (Wildman–Crippen MR) is 97.1 cm³/mol. The van der Waals surface area contributed by atoms with E-state index in [9.17, 15) is 14.0 Å². The van der Waals surface area contributed by atoms with Gasteiger partial charge < -0.3 is 10.2 Å². The first-order valence-electron chi connectivity index (χ1n) is 7.88. The Morgan fingerprint density at radius 3 is 2.76 bits per heavy atom. The predicted octanol–water partition coefficient (Wildman–Crippen LogP) is 4.26. The third kappa shape index (κ3) is 4.06. The Kier molecular flexibility index (Phi) is 5.14. The zero-order chi connectivity index (χ0) is 17.8. The lowest BCUT2D eigenvalue weighted by Crippen LogP contribution is -2.23. The molecule has 2 amide bonds. The molecule has 1 aliphatic heterocycles. The summed E-state index contributed by atoms with van der Waals surface area (Å²) in [4.78, 5) is 25.6. The van der Waals surface area contributed by atoms with E-state index < -0.39 is 11.7 Å². The van der Waals surface area contributed by atoms with E-state index in [0.29, 0.717) is 34.9 Å². The van der Waals surface area contributed by atoms with Crippen LogP contribution in [0.15, 0.2) is 48.5 Å². The van der Waals surface area contributed by atoms with Crippen molar-refractivity contribution in [3.8, 4) is 0 Å². The van der Waals surface area contributed by atoms with Gasteiger partial charge in [-0.3, -0.25) is 9.59 Å². The highest BCUT2D eigenvalue weighted by Gasteiger charge is 2.22. The van der Waals surface area contributed by atoms with E-state index in [1.165, 1.54) is 18.2 Å². The molecule has 1 heterocycles. The van der Waals surface area contributed by atoms with Crippen LogP contribution in [0.4, 0.5) is 15.8 Å². The molecule has 4 nitrogen and oxygen atoms in total. The van der Waals surface area contributed by atoms with Crippen LogP contribution in [-0.2, 0) is 9.59 Å². The van der Waals surface area contributed by atoms with Crippen molar-refractivity contribution in [1.29, 1.82) is 0 Å². The van der Waals surface area contributed by atoms with Crippen LogP contribution in [0, 0.1) is 5.82 Å². The minimum absolute atomic E-state index is 0.0547. The number of rotatable bonds is 4. The molecule has 0 unspecified atom stereocenters. The second-order valence-corrected chi connectivity index (χ2v) is 6.06. The first-order valence-corrected chi connectivity index (χ1v) is 8.26. The van der Waals surface area contributed by atoms with Gasteiger partial charge in [-0.25, -0.2) is 4.39 Å². The van der Waals surface area contributed by atoms with Gasteiger partial charge in [0.2, 0.25) is 11.8 Å². The maximum atomic E-state index is 13.6. The summed E-state index contributed by atoms with van der Waals surface area (Å²) >= 11 is 6.12. The van der Waals surface area contributed by atoms with Crippen LogP contribution in [-0.4, -0.2) is 18.4 Å². The molecule has 1 N–H and O–H groups in total. The average molecular weight is 359 g/mol. The molecule has 0 radical (unpaired) electrons. The summed E-state index contributed by atoms with van der Waals surface area (Å²) < 4.78 is 13.6. The van der Waals surface area contributed by atoms with Crippen molar-refractivity contribution in [1.82, 2.24) is 0 Å². The first-order chi connectivity index (χ1) is 12.0. The molecule has 0 bridgehead atoms. The van der Waals surface area contributed by atoms with Gasteiger partial charge in [-0.1, -0.05) is 29.8 Å². The van der Waals surface area contributed by atoms with Crippen LogP contribution in [0.5, 0.6) is 0 Å². The number of carbonyl (C=O) groups is 2. The molecule has 3 rings (SSSR count). The molecular formula is C19H16ClFN2O2. The Morgan fingerprint density at radius 1 is 1.24 bits per heavy atom. The summed E-state index contributed by atoms with van der Waals surface area (Å²) in [5.74, 6) is -0.784. The summed E-state index contributed by atoms with van der Waals surface area (Å²) in [6.07, 6.45) is 3.97. The highest BCUT2D eigenvalue weighted by Crippen LogP contribution is 2.30. The zero-order valence-electron chi connectivity index (χ0n) is 13.3. The van der Waals surface area contributed by atoms with E-state index in [1.54, 1.807) is 41.3 Å². The smallest absolute Gasteiger partial charge is 0.248 e. The van der Waals surface area contributed by atoms with Crippen LogP contribution in [0.2, 0.25) is 5.02 Å². The first kappa shape index (κ1) is 17.2. The van der Waals surface area contributed by atoms with E-state index in [1.807, 2.05) is 0 Å². The van der Waals surface area contributed by atoms with Crippen LogP contribution in [0.1, 0.15) is 18.4 Å². The van der Waals surface area contributed by atoms with Gasteiger partial charge in [0.1, 0.15) is 5.82 Å². The zero-order valence-corrected chi connectivity index (χ0v) is 14.1. The topological polar surface area (TPSA) is 49.4 Å². The monoisotopic (exact) mass is 358 g/mol. The van der Waals surface area contributed by atoms with Gasteiger partial charge in [0.05, 0.1) is 10.7 Å². The SMILES string of the molecule is O=C(C=Cc1ccccc1F)Nc1cc(N2CCCC2=O)ccc1Cl. The molecule has 6 heteroatoms. The second kappa shape index (κ2) is 7.49. The van der Waals surface area contributed by atoms with E-state index in [-0.39, 0.29) is 5.91 Å². The third-order valence-electron chi connectivity index (χ3n) is 3.91. The number of nitrogens with zero attached hydrogens (tertiary/aromatic N) is 1. The number of hydrogen-bond donors (Lipinski definition) is 1. The molecule has 0 aliphatic carbocycles. The molecule has 25 heavy (non-hydrogen) atoms. The number of benzene rings is 2. The van der Waals surface area contributed by atoms with Gasteiger partial charge in [0, 0.05) is 30.3 Å². The van der Waals surface area contributed by atoms with Crippen LogP contribution >= 0.6 is 11.6 Å². The number of anilines is 2. The Labute approximate surface area is 149 Å². The number of amides is 2. The molecule has 128 valence electrons. The fraction of sp³-hybridized carbons (Fsp3) is 0.158. The standard InChI is InChI=1S/C19H16ClFN2O2/c20-15-9-8-14(23-11-3-6-19(23)25)12-17(15)22-18(24)10-7-13-4-1-2-5-16(13)21/h1-2,4-5,7-10,12H,3,6,11H2,(H,22,24). The van der Waals surface area contributed by atoms with Crippen molar-refractivity contribution in [3.63, 3.8) is 0 Å². The Bertz CT molecular complexity index is 851. The minimum atomic E-state index is -0.435.